The summed E-state index contributed by atoms with van der Waals surface area (Å²) in [5.74, 6) is 1.52. The molecule has 2 aromatic carbocycles. The summed E-state index contributed by atoms with van der Waals surface area (Å²) in [6, 6.07) is 14.5. The molecule has 0 amide bonds. The molecule has 2 nitrogen and oxygen atoms in total. The fourth-order valence-corrected chi connectivity index (χ4v) is 2.26. The number of nitrogens with one attached hydrogen (secondary N) is 1. The molecule has 0 heterocycles. The summed E-state index contributed by atoms with van der Waals surface area (Å²) in [6.45, 7) is 7.19. The van der Waals surface area contributed by atoms with Crippen molar-refractivity contribution in [2.75, 3.05) is 0 Å². The molecular weight excluding hydrogens is 282 g/mol. The first kappa shape index (κ1) is 15.9. The van der Waals surface area contributed by atoms with Gasteiger partial charge in [0.1, 0.15) is 11.5 Å². The van der Waals surface area contributed by atoms with Crippen LogP contribution in [0.15, 0.2) is 42.5 Å². The maximum Gasteiger partial charge on any atom is 0.146 e. The molecule has 2 aromatic rings. The van der Waals surface area contributed by atoms with Crippen molar-refractivity contribution in [2.24, 2.45) is 0 Å². The van der Waals surface area contributed by atoms with Crippen LogP contribution in [0.5, 0.6) is 11.5 Å². The molecule has 0 aromatic heterocycles. The second-order valence-electron chi connectivity index (χ2n) is 5.40. The quantitative estimate of drug-likeness (QED) is 0.792. The average Bonchev–Trinajstić information content (AvgIpc) is 2.48. The number of hydrogen-bond acceptors (Lipinski definition) is 2. The number of rotatable bonds is 6. The first-order chi connectivity index (χ1) is 10.1. The van der Waals surface area contributed by atoms with Crippen LogP contribution < -0.4 is 10.1 Å². The van der Waals surface area contributed by atoms with E-state index in [9.17, 15) is 0 Å². The molecule has 2 rings (SSSR count). The summed E-state index contributed by atoms with van der Waals surface area (Å²) in [6.07, 6.45) is 0.991. The van der Waals surface area contributed by atoms with E-state index in [1.807, 2.05) is 36.4 Å². The number of aryl methyl sites for hydroxylation is 1. The van der Waals surface area contributed by atoms with Gasteiger partial charge in [0.25, 0.3) is 0 Å². The number of ether oxygens (including phenoxy) is 1. The van der Waals surface area contributed by atoms with Gasteiger partial charge in [0.2, 0.25) is 0 Å². The Hall–Kier alpha value is -1.51. The third-order valence-electron chi connectivity index (χ3n) is 3.25. The normalized spacial score (nSPS) is 10.9. The average molecular weight is 304 g/mol. The third kappa shape index (κ3) is 4.76. The Bertz CT molecular complexity index is 596. The van der Waals surface area contributed by atoms with Gasteiger partial charge in [0.15, 0.2) is 0 Å². The molecule has 21 heavy (non-hydrogen) atoms. The van der Waals surface area contributed by atoms with Gasteiger partial charge in [-0.1, -0.05) is 50.6 Å². The molecule has 0 aliphatic heterocycles. The molecule has 0 fully saturated rings. The van der Waals surface area contributed by atoms with Gasteiger partial charge in [0, 0.05) is 12.6 Å². The van der Waals surface area contributed by atoms with Crippen LogP contribution in [-0.2, 0) is 13.0 Å². The van der Waals surface area contributed by atoms with Crippen molar-refractivity contribution in [1.82, 2.24) is 5.32 Å². The molecule has 0 unspecified atom stereocenters. The molecule has 112 valence electrons. The highest BCUT2D eigenvalue weighted by Crippen LogP contribution is 2.30. The number of hydrogen-bond donors (Lipinski definition) is 1. The lowest BCUT2D eigenvalue weighted by Crippen LogP contribution is -2.21. The van der Waals surface area contributed by atoms with E-state index in [0.717, 1.165) is 24.3 Å². The second kappa shape index (κ2) is 7.48. The maximum atomic E-state index is 6.32. The smallest absolute Gasteiger partial charge is 0.146 e. The number of benzene rings is 2. The molecule has 0 radical (unpaired) electrons. The Morgan fingerprint density at radius 1 is 1.10 bits per heavy atom. The van der Waals surface area contributed by atoms with Crippen LogP contribution in [0.4, 0.5) is 0 Å². The predicted molar refractivity (Wildman–Crippen MR) is 89.3 cm³/mol. The fourth-order valence-electron chi connectivity index (χ4n) is 2.01. The van der Waals surface area contributed by atoms with E-state index in [1.54, 1.807) is 0 Å². The van der Waals surface area contributed by atoms with Crippen molar-refractivity contribution in [3.05, 3.63) is 58.6 Å². The van der Waals surface area contributed by atoms with Gasteiger partial charge in [-0.25, -0.2) is 0 Å². The van der Waals surface area contributed by atoms with Crippen LogP contribution in [0, 0.1) is 0 Å². The van der Waals surface area contributed by atoms with Crippen LogP contribution in [0.1, 0.15) is 31.9 Å². The zero-order valence-electron chi connectivity index (χ0n) is 12.8. The highest BCUT2D eigenvalue weighted by atomic mass is 35.5. The minimum Gasteiger partial charge on any atom is -0.456 e. The zero-order chi connectivity index (χ0) is 15.2. The van der Waals surface area contributed by atoms with Gasteiger partial charge in [-0.05, 0) is 41.8 Å². The lowest BCUT2D eigenvalue weighted by molar-refractivity contribution is 0.482. The lowest BCUT2D eigenvalue weighted by atomic mass is 10.1. The molecule has 0 bridgehead atoms. The summed E-state index contributed by atoms with van der Waals surface area (Å²) in [4.78, 5) is 0. The molecule has 3 heteroatoms. The van der Waals surface area contributed by atoms with E-state index >= 15 is 0 Å². The Labute approximate surface area is 132 Å². The SMILES string of the molecule is CCc1cccc(Oc2ccc(CNC(C)C)cc2Cl)c1. The Morgan fingerprint density at radius 2 is 1.90 bits per heavy atom. The van der Waals surface area contributed by atoms with Gasteiger partial charge < -0.3 is 10.1 Å². The summed E-state index contributed by atoms with van der Waals surface area (Å²) < 4.78 is 5.88. The van der Waals surface area contributed by atoms with Crippen LogP contribution in [0.2, 0.25) is 5.02 Å². The van der Waals surface area contributed by atoms with Crippen LogP contribution >= 0.6 is 11.6 Å². The van der Waals surface area contributed by atoms with Gasteiger partial charge in [-0.3, -0.25) is 0 Å². The second-order valence-corrected chi connectivity index (χ2v) is 5.81. The minimum atomic E-state index is 0.455. The van der Waals surface area contributed by atoms with E-state index in [0.29, 0.717) is 16.8 Å². The van der Waals surface area contributed by atoms with E-state index in [2.05, 4.69) is 32.2 Å². The topological polar surface area (TPSA) is 21.3 Å². The molecule has 1 N–H and O–H groups in total. The fraction of sp³-hybridized carbons (Fsp3) is 0.333. The Balaban J connectivity index is 2.09. The van der Waals surface area contributed by atoms with Crippen molar-refractivity contribution < 1.29 is 4.74 Å². The van der Waals surface area contributed by atoms with Crippen molar-refractivity contribution in [1.29, 1.82) is 0 Å². The Morgan fingerprint density at radius 3 is 2.57 bits per heavy atom. The third-order valence-corrected chi connectivity index (χ3v) is 3.54. The van der Waals surface area contributed by atoms with E-state index < -0.39 is 0 Å². The van der Waals surface area contributed by atoms with E-state index in [1.165, 1.54) is 5.56 Å². The van der Waals surface area contributed by atoms with Crippen molar-refractivity contribution in [2.45, 2.75) is 39.8 Å². The standard InChI is InChI=1S/C18H22ClNO/c1-4-14-6-5-7-16(10-14)21-18-9-8-15(11-17(18)19)12-20-13(2)3/h5-11,13,20H,4,12H2,1-3H3. The van der Waals surface area contributed by atoms with Crippen molar-refractivity contribution in [3.8, 4) is 11.5 Å². The first-order valence-corrected chi connectivity index (χ1v) is 7.75. The highest BCUT2D eigenvalue weighted by molar-refractivity contribution is 6.32. The first-order valence-electron chi connectivity index (χ1n) is 7.37. The molecule has 0 spiro atoms. The zero-order valence-corrected chi connectivity index (χ0v) is 13.6. The summed E-state index contributed by atoms with van der Waals surface area (Å²) in [5, 5.41) is 4.01. The largest absolute Gasteiger partial charge is 0.456 e. The van der Waals surface area contributed by atoms with Crippen LogP contribution in [0.3, 0.4) is 0 Å². The highest BCUT2D eigenvalue weighted by Gasteiger charge is 2.05. The van der Waals surface area contributed by atoms with Gasteiger partial charge in [-0.2, -0.15) is 0 Å². The maximum absolute atomic E-state index is 6.32. The molecule has 0 aliphatic carbocycles. The van der Waals surface area contributed by atoms with E-state index in [-0.39, 0.29) is 0 Å². The van der Waals surface area contributed by atoms with Gasteiger partial charge in [-0.15, -0.1) is 0 Å². The van der Waals surface area contributed by atoms with Crippen molar-refractivity contribution in [3.63, 3.8) is 0 Å². The summed E-state index contributed by atoms with van der Waals surface area (Å²) in [5.41, 5.74) is 2.41. The minimum absolute atomic E-state index is 0.455. The van der Waals surface area contributed by atoms with Crippen molar-refractivity contribution >= 4 is 11.6 Å². The molecular formula is C18H22ClNO. The van der Waals surface area contributed by atoms with Crippen LogP contribution in [0.25, 0.3) is 0 Å². The number of halogens is 1. The monoisotopic (exact) mass is 303 g/mol. The molecule has 0 saturated heterocycles. The van der Waals surface area contributed by atoms with Gasteiger partial charge >= 0.3 is 0 Å². The van der Waals surface area contributed by atoms with Gasteiger partial charge in [0.05, 0.1) is 5.02 Å². The van der Waals surface area contributed by atoms with Crippen LogP contribution in [-0.4, -0.2) is 6.04 Å². The molecule has 0 atom stereocenters. The Kier molecular flexibility index (Phi) is 5.66. The summed E-state index contributed by atoms with van der Waals surface area (Å²) >= 11 is 6.32. The lowest BCUT2D eigenvalue weighted by Gasteiger charge is -2.12. The molecule has 0 saturated carbocycles. The molecule has 0 aliphatic rings. The van der Waals surface area contributed by atoms with E-state index in [4.69, 9.17) is 16.3 Å². The summed E-state index contributed by atoms with van der Waals surface area (Å²) in [7, 11) is 0. The predicted octanol–water partition coefficient (Wildman–Crippen LogP) is 5.19.